The van der Waals surface area contributed by atoms with Gasteiger partial charge in [-0.3, -0.25) is 0 Å². The minimum Gasteiger partial charge on any atom is -0.377 e. The van der Waals surface area contributed by atoms with Crippen LogP contribution in [0.1, 0.15) is 22.1 Å². The topological polar surface area (TPSA) is 24.5 Å². The first-order valence-corrected chi connectivity index (χ1v) is 7.63. The van der Waals surface area contributed by atoms with E-state index in [1.807, 2.05) is 18.4 Å². The second-order valence-corrected chi connectivity index (χ2v) is 6.03. The van der Waals surface area contributed by atoms with Crippen molar-refractivity contribution in [2.45, 2.75) is 12.5 Å². The molecule has 0 aliphatic carbocycles. The van der Waals surface area contributed by atoms with Crippen molar-refractivity contribution in [3.8, 4) is 0 Å². The maximum absolute atomic E-state index is 5.94. The number of nitrogens with one attached hydrogen (secondary N) is 1. The Kier molecular flexibility index (Phi) is 3.73. The van der Waals surface area contributed by atoms with Crippen molar-refractivity contribution in [1.29, 1.82) is 0 Å². The predicted molar refractivity (Wildman–Crippen MR) is 80.4 cm³/mol. The summed E-state index contributed by atoms with van der Waals surface area (Å²) in [5.74, 6) is 0. The third kappa shape index (κ3) is 2.48. The lowest BCUT2D eigenvalue weighted by molar-refractivity contribution is 0.0449. The Morgan fingerprint density at radius 3 is 3.16 bits per heavy atom. The number of thiophene rings is 1. The van der Waals surface area contributed by atoms with Gasteiger partial charge in [-0.2, -0.15) is 0 Å². The zero-order chi connectivity index (χ0) is 13.2. The highest BCUT2D eigenvalue weighted by Crippen LogP contribution is 2.38. The number of allylic oxidation sites excluding steroid dienone is 2. The summed E-state index contributed by atoms with van der Waals surface area (Å²) in [7, 11) is 4.08. The van der Waals surface area contributed by atoms with Crippen LogP contribution in [0.3, 0.4) is 0 Å². The molecule has 1 aromatic heterocycles. The van der Waals surface area contributed by atoms with Crippen LogP contribution in [0.15, 0.2) is 23.7 Å². The fourth-order valence-electron chi connectivity index (χ4n) is 2.68. The number of hydrogen-bond donors (Lipinski definition) is 1. The number of rotatable bonds is 3. The second-order valence-electron chi connectivity index (χ2n) is 5.07. The molecule has 0 aromatic carbocycles. The summed E-state index contributed by atoms with van der Waals surface area (Å²) < 4.78 is 5.94. The highest BCUT2D eigenvalue weighted by molar-refractivity contribution is 7.10. The molecule has 0 fully saturated rings. The van der Waals surface area contributed by atoms with Gasteiger partial charge in [0.05, 0.1) is 12.7 Å². The molecular weight excluding hydrogens is 256 g/mol. The van der Waals surface area contributed by atoms with Gasteiger partial charge in [0, 0.05) is 37.0 Å². The van der Waals surface area contributed by atoms with Crippen molar-refractivity contribution >= 4 is 16.9 Å². The van der Waals surface area contributed by atoms with Crippen LogP contribution in [0.2, 0.25) is 0 Å². The molecule has 3 heterocycles. The van der Waals surface area contributed by atoms with Crippen LogP contribution in [0.4, 0.5) is 0 Å². The Labute approximate surface area is 118 Å². The summed E-state index contributed by atoms with van der Waals surface area (Å²) in [5.41, 5.74) is 4.11. The van der Waals surface area contributed by atoms with Gasteiger partial charge in [-0.1, -0.05) is 6.08 Å². The smallest absolute Gasteiger partial charge is 0.0965 e. The summed E-state index contributed by atoms with van der Waals surface area (Å²) in [5, 5.41) is 5.53. The summed E-state index contributed by atoms with van der Waals surface area (Å²) in [6.07, 6.45) is 7.90. The van der Waals surface area contributed by atoms with E-state index in [2.05, 4.69) is 41.0 Å². The summed E-state index contributed by atoms with van der Waals surface area (Å²) in [6, 6.07) is 0. The van der Waals surface area contributed by atoms with Gasteiger partial charge in [0.15, 0.2) is 0 Å². The lowest BCUT2D eigenvalue weighted by Crippen LogP contribution is -2.25. The molecule has 0 bridgehead atoms. The number of hydrogen-bond acceptors (Lipinski definition) is 4. The van der Waals surface area contributed by atoms with Crippen LogP contribution >= 0.6 is 11.3 Å². The van der Waals surface area contributed by atoms with E-state index in [1.54, 1.807) is 0 Å². The minimum atomic E-state index is 0.198. The molecule has 0 amide bonds. The predicted octanol–water partition coefficient (Wildman–Crippen LogP) is 2.42. The van der Waals surface area contributed by atoms with Gasteiger partial charge in [-0.25, -0.2) is 0 Å². The van der Waals surface area contributed by atoms with E-state index in [0.29, 0.717) is 0 Å². The van der Waals surface area contributed by atoms with Crippen molar-refractivity contribution in [2.24, 2.45) is 0 Å². The van der Waals surface area contributed by atoms with Gasteiger partial charge in [0.25, 0.3) is 0 Å². The van der Waals surface area contributed by atoms with Gasteiger partial charge in [-0.05, 0) is 35.8 Å². The lowest BCUT2D eigenvalue weighted by atomic mass is 9.95. The molecule has 2 aliphatic rings. The second kappa shape index (κ2) is 5.49. The van der Waals surface area contributed by atoms with Gasteiger partial charge in [0.1, 0.15) is 0 Å². The lowest BCUT2D eigenvalue weighted by Gasteiger charge is -2.26. The fourth-order valence-corrected chi connectivity index (χ4v) is 3.77. The molecule has 19 heavy (non-hydrogen) atoms. The number of ether oxygens (including phenoxy) is 1. The third-order valence-corrected chi connectivity index (χ3v) is 4.75. The number of fused-ring (bicyclic) bond motifs is 1. The Bertz CT molecular complexity index is 518. The standard InChI is InChI=1S/C15H20N2OS/c1-16-9-13-15-12(10-19-14(15)5-8-18-13)11-3-6-17(2)7-4-11/h3-4,6,10,13,16H,5,7-9H2,1-2H3. The minimum absolute atomic E-state index is 0.198. The first-order valence-electron chi connectivity index (χ1n) is 6.75. The van der Waals surface area contributed by atoms with E-state index < -0.39 is 0 Å². The molecule has 4 heteroatoms. The maximum Gasteiger partial charge on any atom is 0.0965 e. The molecule has 1 unspecified atom stereocenters. The molecule has 1 atom stereocenters. The molecular formula is C15H20N2OS. The highest BCUT2D eigenvalue weighted by atomic mass is 32.1. The van der Waals surface area contributed by atoms with E-state index in [1.165, 1.54) is 21.6 Å². The van der Waals surface area contributed by atoms with Crippen LogP contribution in [-0.4, -0.2) is 38.7 Å². The summed E-state index contributed by atoms with van der Waals surface area (Å²) >= 11 is 1.88. The van der Waals surface area contributed by atoms with Crippen molar-refractivity contribution in [3.63, 3.8) is 0 Å². The maximum atomic E-state index is 5.94. The zero-order valence-corrected chi connectivity index (χ0v) is 12.3. The highest BCUT2D eigenvalue weighted by Gasteiger charge is 2.26. The van der Waals surface area contributed by atoms with Crippen LogP contribution in [0.25, 0.3) is 5.57 Å². The Balaban J connectivity index is 1.95. The molecule has 0 radical (unpaired) electrons. The molecule has 2 aliphatic heterocycles. The van der Waals surface area contributed by atoms with E-state index in [-0.39, 0.29) is 6.10 Å². The van der Waals surface area contributed by atoms with Gasteiger partial charge >= 0.3 is 0 Å². The van der Waals surface area contributed by atoms with Crippen molar-refractivity contribution in [2.75, 3.05) is 33.8 Å². The van der Waals surface area contributed by atoms with Gasteiger partial charge in [0.2, 0.25) is 0 Å². The largest absolute Gasteiger partial charge is 0.377 e. The number of likely N-dealkylation sites (N-methyl/N-ethyl adjacent to an activating group) is 2. The van der Waals surface area contributed by atoms with Crippen molar-refractivity contribution < 1.29 is 4.74 Å². The van der Waals surface area contributed by atoms with E-state index >= 15 is 0 Å². The molecule has 3 rings (SSSR count). The van der Waals surface area contributed by atoms with Crippen LogP contribution in [0, 0.1) is 0 Å². The monoisotopic (exact) mass is 276 g/mol. The van der Waals surface area contributed by atoms with Crippen LogP contribution in [0.5, 0.6) is 0 Å². The van der Waals surface area contributed by atoms with E-state index in [0.717, 1.165) is 26.1 Å². The molecule has 1 aromatic rings. The Morgan fingerprint density at radius 1 is 1.53 bits per heavy atom. The molecule has 3 nitrogen and oxygen atoms in total. The molecule has 0 saturated heterocycles. The van der Waals surface area contributed by atoms with Gasteiger partial charge < -0.3 is 15.0 Å². The normalized spacial score (nSPS) is 22.3. The third-order valence-electron chi connectivity index (χ3n) is 3.69. The zero-order valence-electron chi connectivity index (χ0n) is 11.5. The van der Waals surface area contributed by atoms with Crippen molar-refractivity contribution in [1.82, 2.24) is 10.2 Å². The van der Waals surface area contributed by atoms with Gasteiger partial charge in [-0.15, -0.1) is 11.3 Å². The average molecular weight is 276 g/mol. The summed E-state index contributed by atoms with van der Waals surface area (Å²) in [6.45, 7) is 2.71. The quantitative estimate of drug-likeness (QED) is 0.917. The fraction of sp³-hybridized carbons (Fsp3) is 0.467. The molecule has 0 saturated carbocycles. The summed E-state index contributed by atoms with van der Waals surface area (Å²) in [4.78, 5) is 3.68. The first kappa shape index (κ1) is 12.9. The van der Waals surface area contributed by atoms with E-state index in [9.17, 15) is 0 Å². The van der Waals surface area contributed by atoms with E-state index in [4.69, 9.17) is 4.74 Å². The molecule has 0 spiro atoms. The van der Waals surface area contributed by atoms with Crippen molar-refractivity contribution in [3.05, 3.63) is 39.7 Å². The SMILES string of the molecule is CNCC1OCCc2scc(C3=CCN(C)C=C3)c21. The first-order chi connectivity index (χ1) is 9.29. The Morgan fingerprint density at radius 2 is 2.42 bits per heavy atom. The molecule has 102 valence electrons. The number of nitrogens with zero attached hydrogens (tertiary/aromatic N) is 1. The van der Waals surface area contributed by atoms with Crippen LogP contribution in [-0.2, 0) is 11.2 Å². The molecule has 1 N–H and O–H groups in total. The average Bonchev–Trinajstić information content (AvgIpc) is 2.85. The van der Waals surface area contributed by atoms with Crippen LogP contribution < -0.4 is 5.32 Å². The Hall–Kier alpha value is -1.10.